The van der Waals surface area contributed by atoms with E-state index in [4.69, 9.17) is 16.3 Å². The van der Waals surface area contributed by atoms with Gasteiger partial charge in [-0.2, -0.15) is 0 Å². The summed E-state index contributed by atoms with van der Waals surface area (Å²) in [5.74, 6) is 0.331. The number of nitrogens with one attached hydrogen (secondary N) is 1. The molecule has 16 heavy (non-hydrogen) atoms. The van der Waals surface area contributed by atoms with Crippen LogP contribution in [0.25, 0.3) is 0 Å². The number of hydrogen-bond acceptors (Lipinski definition) is 3. The van der Waals surface area contributed by atoms with Gasteiger partial charge in [0.25, 0.3) is 5.91 Å². The summed E-state index contributed by atoms with van der Waals surface area (Å²) in [6.07, 6.45) is 1.56. The largest absolute Gasteiger partial charge is 0.378 e. The van der Waals surface area contributed by atoms with Crippen LogP contribution in [-0.2, 0) is 4.74 Å². The van der Waals surface area contributed by atoms with Crippen molar-refractivity contribution in [2.45, 2.75) is 6.92 Å². The Morgan fingerprint density at radius 1 is 1.50 bits per heavy atom. The number of alkyl halides is 1. The smallest absolute Gasteiger partial charge is 0.252 e. The van der Waals surface area contributed by atoms with Crippen molar-refractivity contribution in [3.8, 4) is 0 Å². The average molecular weight is 243 g/mol. The molecule has 0 spiro atoms. The van der Waals surface area contributed by atoms with Gasteiger partial charge in [-0.15, -0.1) is 11.6 Å². The zero-order valence-electron chi connectivity index (χ0n) is 9.20. The SMILES string of the molecule is Cc1ccc(C(=O)NCCOCCCl)cn1. The molecule has 4 nitrogen and oxygen atoms in total. The number of carbonyl (C=O) groups excluding carboxylic acids is 1. The average Bonchev–Trinajstić information content (AvgIpc) is 2.29. The first-order chi connectivity index (χ1) is 7.74. The molecular formula is C11H15ClN2O2. The molecular weight excluding hydrogens is 228 g/mol. The second-order valence-electron chi connectivity index (χ2n) is 3.25. The monoisotopic (exact) mass is 242 g/mol. The molecule has 88 valence electrons. The Morgan fingerprint density at radius 2 is 2.31 bits per heavy atom. The fraction of sp³-hybridized carbons (Fsp3) is 0.455. The lowest BCUT2D eigenvalue weighted by Gasteiger charge is -2.05. The van der Waals surface area contributed by atoms with E-state index < -0.39 is 0 Å². The van der Waals surface area contributed by atoms with E-state index in [-0.39, 0.29) is 5.91 Å². The predicted octanol–water partition coefficient (Wildman–Crippen LogP) is 1.38. The Hall–Kier alpha value is -1.13. The fourth-order valence-corrected chi connectivity index (χ4v) is 1.21. The third-order valence-corrected chi connectivity index (χ3v) is 2.08. The molecule has 1 amide bonds. The number of nitrogens with zero attached hydrogens (tertiary/aromatic N) is 1. The van der Waals surface area contributed by atoms with E-state index in [0.29, 0.717) is 31.2 Å². The highest BCUT2D eigenvalue weighted by atomic mass is 35.5. The maximum Gasteiger partial charge on any atom is 0.252 e. The summed E-state index contributed by atoms with van der Waals surface area (Å²) in [6, 6.07) is 3.55. The molecule has 1 N–H and O–H groups in total. The van der Waals surface area contributed by atoms with E-state index in [0.717, 1.165) is 5.69 Å². The molecule has 5 heteroatoms. The summed E-state index contributed by atoms with van der Waals surface area (Å²) in [7, 11) is 0. The van der Waals surface area contributed by atoms with Gasteiger partial charge in [0.05, 0.1) is 18.8 Å². The van der Waals surface area contributed by atoms with Crippen molar-refractivity contribution in [2.24, 2.45) is 0 Å². The van der Waals surface area contributed by atoms with Crippen molar-refractivity contribution in [1.82, 2.24) is 10.3 Å². The minimum absolute atomic E-state index is 0.137. The predicted molar refractivity (Wildman–Crippen MR) is 62.8 cm³/mol. The lowest BCUT2D eigenvalue weighted by atomic mass is 10.2. The van der Waals surface area contributed by atoms with E-state index in [1.54, 1.807) is 18.3 Å². The van der Waals surface area contributed by atoms with Crippen molar-refractivity contribution in [1.29, 1.82) is 0 Å². The standard InChI is InChI=1S/C11H15ClN2O2/c1-9-2-3-10(8-14-9)11(15)13-5-7-16-6-4-12/h2-3,8H,4-7H2,1H3,(H,13,15). The molecule has 0 saturated carbocycles. The van der Waals surface area contributed by atoms with E-state index in [2.05, 4.69) is 10.3 Å². The number of ether oxygens (including phenoxy) is 1. The third-order valence-electron chi connectivity index (χ3n) is 1.93. The lowest BCUT2D eigenvalue weighted by molar-refractivity contribution is 0.0923. The molecule has 0 radical (unpaired) electrons. The molecule has 0 bridgehead atoms. The zero-order chi connectivity index (χ0) is 11.8. The van der Waals surface area contributed by atoms with E-state index in [9.17, 15) is 4.79 Å². The summed E-state index contributed by atoms with van der Waals surface area (Å²) in [4.78, 5) is 15.6. The van der Waals surface area contributed by atoms with Gasteiger partial charge in [-0.05, 0) is 19.1 Å². The van der Waals surface area contributed by atoms with Gasteiger partial charge in [0.1, 0.15) is 0 Å². The lowest BCUT2D eigenvalue weighted by Crippen LogP contribution is -2.27. The van der Waals surface area contributed by atoms with Gasteiger partial charge in [0.2, 0.25) is 0 Å². The maximum absolute atomic E-state index is 11.6. The van der Waals surface area contributed by atoms with Crippen molar-refractivity contribution < 1.29 is 9.53 Å². The molecule has 0 atom stereocenters. The molecule has 0 aliphatic heterocycles. The first kappa shape index (κ1) is 12.9. The molecule has 0 saturated heterocycles. The van der Waals surface area contributed by atoms with Crippen LogP contribution >= 0.6 is 11.6 Å². The van der Waals surface area contributed by atoms with Gasteiger partial charge in [-0.25, -0.2) is 0 Å². The van der Waals surface area contributed by atoms with Crippen LogP contribution in [0.5, 0.6) is 0 Å². The second kappa shape index (κ2) is 7.19. The maximum atomic E-state index is 11.6. The van der Waals surface area contributed by atoms with Gasteiger partial charge >= 0.3 is 0 Å². The number of aryl methyl sites for hydroxylation is 1. The normalized spacial score (nSPS) is 10.1. The number of halogens is 1. The Kier molecular flexibility index (Phi) is 5.82. The second-order valence-corrected chi connectivity index (χ2v) is 3.62. The van der Waals surface area contributed by atoms with Crippen LogP contribution in [-0.4, -0.2) is 36.5 Å². The fourth-order valence-electron chi connectivity index (χ4n) is 1.10. The summed E-state index contributed by atoms with van der Waals surface area (Å²) in [5.41, 5.74) is 1.45. The van der Waals surface area contributed by atoms with Crippen LogP contribution < -0.4 is 5.32 Å². The van der Waals surface area contributed by atoms with Gasteiger partial charge in [0.15, 0.2) is 0 Å². The van der Waals surface area contributed by atoms with E-state index in [1.165, 1.54) is 0 Å². The minimum Gasteiger partial charge on any atom is -0.378 e. The Balaban J connectivity index is 2.27. The first-order valence-corrected chi connectivity index (χ1v) is 5.62. The van der Waals surface area contributed by atoms with Crippen LogP contribution in [0.15, 0.2) is 18.3 Å². The van der Waals surface area contributed by atoms with Gasteiger partial charge in [-0.3, -0.25) is 9.78 Å². The van der Waals surface area contributed by atoms with Crippen LogP contribution in [0.4, 0.5) is 0 Å². The van der Waals surface area contributed by atoms with Gasteiger partial charge < -0.3 is 10.1 Å². The van der Waals surface area contributed by atoms with Crippen molar-refractivity contribution in [3.63, 3.8) is 0 Å². The highest BCUT2D eigenvalue weighted by Crippen LogP contribution is 1.98. The van der Waals surface area contributed by atoms with Crippen LogP contribution in [0.3, 0.4) is 0 Å². The quantitative estimate of drug-likeness (QED) is 0.606. The number of hydrogen-bond donors (Lipinski definition) is 1. The first-order valence-electron chi connectivity index (χ1n) is 5.08. The summed E-state index contributed by atoms with van der Waals surface area (Å²) in [5, 5.41) is 2.73. The molecule has 1 aromatic rings. The molecule has 0 unspecified atom stereocenters. The zero-order valence-corrected chi connectivity index (χ0v) is 9.96. The molecule has 1 rings (SSSR count). The van der Waals surface area contributed by atoms with E-state index in [1.807, 2.05) is 6.92 Å². The number of rotatable bonds is 6. The van der Waals surface area contributed by atoms with Crippen molar-refractivity contribution >= 4 is 17.5 Å². The summed E-state index contributed by atoms with van der Waals surface area (Å²) >= 11 is 5.43. The van der Waals surface area contributed by atoms with Crippen LogP contribution in [0.2, 0.25) is 0 Å². The molecule has 0 aliphatic carbocycles. The molecule has 0 aliphatic rings. The number of pyridine rings is 1. The third kappa shape index (κ3) is 4.59. The van der Waals surface area contributed by atoms with Crippen LogP contribution in [0, 0.1) is 6.92 Å². The van der Waals surface area contributed by atoms with Crippen molar-refractivity contribution in [3.05, 3.63) is 29.6 Å². The van der Waals surface area contributed by atoms with Gasteiger partial charge in [0, 0.05) is 24.3 Å². The Morgan fingerprint density at radius 3 is 2.94 bits per heavy atom. The van der Waals surface area contributed by atoms with Crippen LogP contribution in [0.1, 0.15) is 16.1 Å². The molecule has 1 aromatic heterocycles. The highest BCUT2D eigenvalue weighted by molar-refractivity contribution is 6.17. The Labute approximate surface area is 100.0 Å². The number of carbonyl (C=O) groups is 1. The number of amides is 1. The Bertz CT molecular complexity index is 327. The van der Waals surface area contributed by atoms with Crippen molar-refractivity contribution in [2.75, 3.05) is 25.6 Å². The molecule has 0 fully saturated rings. The molecule has 1 heterocycles. The summed E-state index contributed by atoms with van der Waals surface area (Å²) in [6.45, 7) is 3.33. The minimum atomic E-state index is -0.137. The highest BCUT2D eigenvalue weighted by Gasteiger charge is 2.03. The van der Waals surface area contributed by atoms with E-state index >= 15 is 0 Å². The number of aromatic nitrogens is 1. The topological polar surface area (TPSA) is 51.2 Å². The molecule has 0 aromatic carbocycles. The van der Waals surface area contributed by atoms with Gasteiger partial charge in [-0.1, -0.05) is 0 Å². The summed E-state index contributed by atoms with van der Waals surface area (Å²) < 4.78 is 5.13.